The van der Waals surface area contributed by atoms with Crippen molar-refractivity contribution in [2.24, 2.45) is 0 Å². The number of hydrogen-bond donors (Lipinski definition) is 5. The number of amides is 2. The van der Waals surface area contributed by atoms with Crippen LogP contribution in [0.25, 0.3) is 0 Å². The molecule has 4 aromatic rings. The van der Waals surface area contributed by atoms with E-state index in [0.29, 0.717) is 34.4 Å². The third kappa shape index (κ3) is 6.07. The van der Waals surface area contributed by atoms with Gasteiger partial charge < -0.3 is 27.0 Å². The molecule has 0 fully saturated rings. The summed E-state index contributed by atoms with van der Waals surface area (Å²) in [7, 11) is 1.68. The molecule has 0 atom stereocenters. The molecule has 1 heterocycles. The van der Waals surface area contributed by atoms with Crippen LogP contribution in [0.2, 0.25) is 0 Å². The van der Waals surface area contributed by atoms with E-state index in [0.717, 1.165) is 27.9 Å². The van der Waals surface area contributed by atoms with Gasteiger partial charge in [-0.1, -0.05) is 29.3 Å². The molecule has 6 N–H and O–H groups in total. The number of aryl methyl sites for hydroxylation is 4. The minimum Gasteiger partial charge on any atom is -0.398 e. The molecule has 2 amide bonds. The zero-order chi connectivity index (χ0) is 27.4. The summed E-state index contributed by atoms with van der Waals surface area (Å²) >= 11 is 0. The van der Waals surface area contributed by atoms with Crippen LogP contribution >= 0.6 is 0 Å². The Morgan fingerprint density at radius 1 is 0.789 bits per heavy atom. The zero-order valence-electron chi connectivity index (χ0n) is 22.1. The molecule has 0 aliphatic rings. The first kappa shape index (κ1) is 26.2. The average Bonchev–Trinajstić information content (AvgIpc) is 2.87. The lowest BCUT2D eigenvalue weighted by molar-refractivity contribution is 0.101. The molecule has 4 rings (SSSR count). The second kappa shape index (κ2) is 11.0. The molecule has 0 radical (unpaired) electrons. The Balaban J connectivity index is 1.51. The van der Waals surface area contributed by atoms with Crippen LogP contribution in [0, 0.1) is 27.7 Å². The highest BCUT2D eigenvalue weighted by molar-refractivity contribution is 6.08. The number of rotatable bonds is 7. The number of nitrogens with two attached hydrogens (primary N) is 1. The maximum Gasteiger partial charge on any atom is 0.261 e. The smallest absolute Gasteiger partial charge is 0.261 e. The summed E-state index contributed by atoms with van der Waals surface area (Å²) in [6, 6.07) is 16.6. The number of anilines is 6. The van der Waals surface area contributed by atoms with Crippen LogP contribution in [0.4, 0.5) is 34.5 Å². The first-order valence-electron chi connectivity index (χ1n) is 12.1. The molecule has 0 aliphatic heterocycles. The lowest BCUT2D eigenvalue weighted by Crippen LogP contribution is -2.17. The fourth-order valence-corrected chi connectivity index (χ4v) is 3.98. The Bertz CT molecular complexity index is 1510. The van der Waals surface area contributed by atoms with Crippen molar-refractivity contribution >= 4 is 46.3 Å². The predicted octanol–water partition coefficient (Wildman–Crippen LogP) is 5.58. The molecule has 0 aliphatic carbocycles. The Morgan fingerprint density at radius 3 is 2.16 bits per heavy atom. The largest absolute Gasteiger partial charge is 0.398 e. The van der Waals surface area contributed by atoms with Gasteiger partial charge in [-0.25, -0.2) is 4.98 Å². The van der Waals surface area contributed by atoms with Gasteiger partial charge in [0, 0.05) is 41.6 Å². The van der Waals surface area contributed by atoms with Crippen LogP contribution in [-0.4, -0.2) is 28.8 Å². The van der Waals surface area contributed by atoms with E-state index in [9.17, 15) is 9.59 Å². The van der Waals surface area contributed by atoms with Gasteiger partial charge in [0.05, 0.1) is 0 Å². The minimum absolute atomic E-state index is 0.220. The van der Waals surface area contributed by atoms with Crippen LogP contribution in [0.3, 0.4) is 0 Å². The van der Waals surface area contributed by atoms with Crippen molar-refractivity contribution in [3.63, 3.8) is 0 Å². The number of carbonyl (C=O) groups excluding carboxylic acids is 2. The van der Waals surface area contributed by atoms with E-state index in [2.05, 4.69) is 31.2 Å². The van der Waals surface area contributed by atoms with E-state index in [4.69, 9.17) is 5.73 Å². The van der Waals surface area contributed by atoms with Crippen molar-refractivity contribution in [2.45, 2.75) is 27.7 Å². The first-order chi connectivity index (χ1) is 18.1. The molecule has 0 bridgehead atoms. The zero-order valence-corrected chi connectivity index (χ0v) is 22.1. The normalized spacial score (nSPS) is 10.6. The third-order valence-electron chi connectivity index (χ3n) is 6.03. The predicted molar refractivity (Wildman–Crippen MR) is 153 cm³/mol. The van der Waals surface area contributed by atoms with Crippen molar-refractivity contribution in [1.82, 2.24) is 9.97 Å². The van der Waals surface area contributed by atoms with E-state index in [1.165, 1.54) is 6.20 Å². The summed E-state index contributed by atoms with van der Waals surface area (Å²) < 4.78 is 0. The van der Waals surface area contributed by atoms with E-state index in [-0.39, 0.29) is 17.4 Å². The number of hydrogen-bond acceptors (Lipinski definition) is 7. The fraction of sp³-hybridized carbons (Fsp3) is 0.172. The summed E-state index contributed by atoms with van der Waals surface area (Å²) in [6.07, 6.45) is 1.45. The summed E-state index contributed by atoms with van der Waals surface area (Å²) in [4.78, 5) is 34.7. The fourth-order valence-electron chi connectivity index (χ4n) is 3.98. The van der Waals surface area contributed by atoms with Gasteiger partial charge in [0.1, 0.15) is 11.4 Å². The number of carbonyl (C=O) groups is 2. The second-order valence-electron chi connectivity index (χ2n) is 9.22. The van der Waals surface area contributed by atoms with Crippen molar-refractivity contribution < 1.29 is 9.59 Å². The first-order valence-corrected chi connectivity index (χ1v) is 12.1. The lowest BCUT2D eigenvalue weighted by atomic mass is 10.1. The Hall–Kier alpha value is -4.92. The van der Waals surface area contributed by atoms with Gasteiger partial charge in [-0.05, 0) is 75.2 Å². The summed E-state index contributed by atoms with van der Waals surface area (Å²) in [5.74, 6) is 0.0713. The van der Waals surface area contributed by atoms with Crippen molar-refractivity contribution in [1.29, 1.82) is 0 Å². The van der Waals surface area contributed by atoms with Crippen molar-refractivity contribution in [2.75, 3.05) is 34.0 Å². The molecular weight excluding hydrogens is 478 g/mol. The summed E-state index contributed by atoms with van der Waals surface area (Å²) in [5, 5.41) is 11.9. The highest BCUT2D eigenvalue weighted by Gasteiger charge is 2.16. The van der Waals surface area contributed by atoms with Crippen LogP contribution in [0.5, 0.6) is 0 Å². The molecule has 0 unspecified atom stereocenters. The standard InChI is InChI=1S/C29H31N7O2/c1-16-10-17(2)12-20(11-16)27(37)33-22-9-7-19(4)25(14-22)35-28(38)23-15-32-29(36-26(23)31-5)34-21-8-6-18(3)24(30)13-21/h6-15H,30H2,1-5H3,(H,33,37)(H,35,38)(H2,31,32,34,36). The van der Waals surface area contributed by atoms with Crippen molar-refractivity contribution in [3.05, 3.63) is 94.2 Å². The van der Waals surface area contributed by atoms with E-state index < -0.39 is 0 Å². The van der Waals surface area contributed by atoms with E-state index in [1.807, 2.05) is 64.1 Å². The van der Waals surface area contributed by atoms with Crippen LogP contribution in [0.1, 0.15) is 43.0 Å². The maximum atomic E-state index is 13.2. The van der Waals surface area contributed by atoms with Gasteiger partial charge in [-0.2, -0.15) is 4.98 Å². The number of nitrogens with one attached hydrogen (secondary N) is 4. The number of benzene rings is 3. The van der Waals surface area contributed by atoms with Gasteiger partial charge in [-0.3, -0.25) is 9.59 Å². The Labute approximate surface area is 221 Å². The summed E-state index contributed by atoms with van der Waals surface area (Å²) in [6.45, 7) is 7.71. The second-order valence-corrected chi connectivity index (χ2v) is 9.22. The number of nitrogens with zero attached hydrogens (tertiary/aromatic N) is 2. The molecular formula is C29H31N7O2. The molecule has 9 heteroatoms. The summed E-state index contributed by atoms with van der Waals surface area (Å²) in [5.41, 5.74) is 13.2. The molecule has 0 saturated carbocycles. The third-order valence-corrected chi connectivity index (χ3v) is 6.03. The average molecular weight is 510 g/mol. The van der Waals surface area contributed by atoms with Crippen molar-refractivity contribution in [3.8, 4) is 0 Å². The molecule has 0 saturated heterocycles. The Morgan fingerprint density at radius 2 is 1.47 bits per heavy atom. The van der Waals surface area contributed by atoms with E-state index >= 15 is 0 Å². The molecule has 38 heavy (non-hydrogen) atoms. The minimum atomic E-state index is -0.388. The van der Waals surface area contributed by atoms with Gasteiger partial charge >= 0.3 is 0 Å². The van der Waals surface area contributed by atoms with Crippen LogP contribution < -0.4 is 27.0 Å². The highest BCUT2D eigenvalue weighted by Crippen LogP contribution is 2.25. The number of aromatic nitrogens is 2. The van der Waals surface area contributed by atoms with Gasteiger partial charge in [-0.15, -0.1) is 0 Å². The molecule has 9 nitrogen and oxygen atoms in total. The quantitative estimate of drug-likeness (QED) is 0.205. The monoisotopic (exact) mass is 509 g/mol. The highest BCUT2D eigenvalue weighted by atomic mass is 16.2. The molecule has 0 spiro atoms. The van der Waals surface area contributed by atoms with Crippen LogP contribution in [0.15, 0.2) is 60.8 Å². The number of nitrogen functional groups attached to an aromatic ring is 1. The Kier molecular flexibility index (Phi) is 7.57. The van der Waals surface area contributed by atoms with E-state index in [1.54, 1.807) is 25.2 Å². The molecule has 3 aromatic carbocycles. The topological polar surface area (TPSA) is 134 Å². The lowest BCUT2D eigenvalue weighted by Gasteiger charge is -2.14. The van der Waals surface area contributed by atoms with Gasteiger partial charge in [0.15, 0.2) is 0 Å². The van der Waals surface area contributed by atoms with Gasteiger partial charge in [0.2, 0.25) is 5.95 Å². The van der Waals surface area contributed by atoms with Crippen LogP contribution in [-0.2, 0) is 0 Å². The van der Waals surface area contributed by atoms with Gasteiger partial charge in [0.25, 0.3) is 11.8 Å². The SMILES string of the molecule is CNc1nc(Nc2ccc(C)c(N)c2)ncc1C(=O)Nc1cc(NC(=O)c2cc(C)cc(C)c2)ccc1C. The molecule has 1 aromatic heterocycles. The molecule has 194 valence electrons. The maximum absolute atomic E-state index is 13.2.